The Hall–Kier alpha value is -4.13. The van der Waals surface area contributed by atoms with Crippen LogP contribution in [0.5, 0.6) is 0 Å². The van der Waals surface area contributed by atoms with Gasteiger partial charge in [0.25, 0.3) is 0 Å². The van der Waals surface area contributed by atoms with E-state index in [1.165, 1.54) is 0 Å². The zero-order valence-electron chi connectivity index (χ0n) is 20.0. The number of fused-ring (bicyclic) bond motifs is 6. The minimum atomic E-state index is -0.293. The molecule has 6 aromatic rings. The van der Waals surface area contributed by atoms with E-state index in [9.17, 15) is 0 Å². The van der Waals surface area contributed by atoms with Crippen LogP contribution in [0.25, 0.3) is 55.1 Å². The van der Waals surface area contributed by atoms with E-state index in [4.69, 9.17) is 4.98 Å². The fraction of sp³-hybridized carbons (Fsp3) is 0.214. The lowest BCUT2D eigenvalue weighted by Crippen LogP contribution is -1.91. The van der Waals surface area contributed by atoms with Crippen molar-refractivity contribution in [1.29, 1.82) is 0 Å². The van der Waals surface area contributed by atoms with Crippen molar-refractivity contribution in [1.82, 2.24) is 29.9 Å². The summed E-state index contributed by atoms with van der Waals surface area (Å²) >= 11 is 0. The lowest BCUT2D eigenvalue weighted by molar-refractivity contribution is 0.631. The maximum Gasteiger partial charge on any atom is 0.133 e. The highest BCUT2D eigenvalue weighted by Crippen LogP contribution is 2.36. The molecule has 6 rings (SSSR count). The molecule has 0 saturated heterocycles. The smallest absolute Gasteiger partial charge is 0.133 e. The molecule has 35 heavy (non-hydrogen) atoms. The Morgan fingerprint density at radius 2 is 1.51 bits per heavy atom. The number of hydrogen-bond donors (Lipinski definition) is 2. The Bertz CT molecular complexity index is 1730. The predicted molar refractivity (Wildman–Crippen MR) is 138 cm³/mol. The summed E-state index contributed by atoms with van der Waals surface area (Å²) in [4.78, 5) is 24.8. The summed E-state index contributed by atoms with van der Waals surface area (Å²) in [7, 11) is 0. The van der Waals surface area contributed by atoms with Gasteiger partial charge in [-0.1, -0.05) is 45.9 Å². The molecule has 6 nitrogen and oxygen atoms in total. The fourth-order valence-electron chi connectivity index (χ4n) is 4.59. The summed E-state index contributed by atoms with van der Waals surface area (Å²) < 4.78 is 15.2. The van der Waals surface area contributed by atoms with Crippen LogP contribution in [0.1, 0.15) is 51.2 Å². The van der Waals surface area contributed by atoms with Crippen LogP contribution in [0.3, 0.4) is 0 Å². The Labute approximate surface area is 201 Å². The van der Waals surface area contributed by atoms with Gasteiger partial charge >= 0.3 is 0 Å². The van der Waals surface area contributed by atoms with Crippen molar-refractivity contribution in [2.75, 3.05) is 0 Å². The monoisotopic (exact) mass is 464 g/mol. The van der Waals surface area contributed by atoms with Gasteiger partial charge in [-0.2, -0.15) is 0 Å². The summed E-state index contributed by atoms with van der Waals surface area (Å²) in [5, 5.41) is 2.95. The van der Waals surface area contributed by atoms with E-state index in [1.807, 2.05) is 18.3 Å². The third-order valence-corrected chi connectivity index (χ3v) is 6.52. The van der Waals surface area contributed by atoms with Crippen LogP contribution in [0.15, 0.2) is 55.1 Å². The normalized spacial score (nSPS) is 12.1. The van der Waals surface area contributed by atoms with E-state index in [1.54, 1.807) is 24.7 Å². The van der Waals surface area contributed by atoms with E-state index < -0.39 is 0 Å². The number of hydrogen-bond acceptors (Lipinski definition) is 4. The highest BCUT2D eigenvalue weighted by atomic mass is 19.1. The lowest BCUT2D eigenvalue weighted by Gasteiger charge is -2.09. The van der Waals surface area contributed by atoms with E-state index >= 15 is 4.39 Å². The first-order valence-electron chi connectivity index (χ1n) is 11.8. The molecule has 0 aliphatic carbocycles. The molecule has 0 aliphatic heterocycles. The van der Waals surface area contributed by atoms with Crippen molar-refractivity contribution >= 4 is 32.7 Å². The van der Waals surface area contributed by atoms with Gasteiger partial charge in [0.15, 0.2) is 0 Å². The predicted octanol–water partition coefficient (Wildman–Crippen LogP) is 7.10. The van der Waals surface area contributed by atoms with Crippen LogP contribution >= 0.6 is 0 Å². The molecule has 2 N–H and O–H groups in total. The van der Waals surface area contributed by atoms with Crippen molar-refractivity contribution < 1.29 is 4.39 Å². The van der Waals surface area contributed by atoms with Crippen LogP contribution in [0.4, 0.5) is 4.39 Å². The van der Waals surface area contributed by atoms with E-state index in [2.05, 4.69) is 64.7 Å². The molecule has 3 heterocycles. The number of nitrogens with one attached hydrogen (secondary N) is 2. The summed E-state index contributed by atoms with van der Waals surface area (Å²) in [5.74, 6) is 1.99. The maximum absolute atomic E-state index is 15.2. The average Bonchev–Trinajstić information content (AvgIpc) is 3.52. The number of aromatic nitrogens is 6. The molecule has 0 fully saturated rings. The Morgan fingerprint density at radius 3 is 2.26 bits per heavy atom. The van der Waals surface area contributed by atoms with Crippen LogP contribution < -0.4 is 0 Å². The second-order valence-electron chi connectivity index (χ2n) is 9.58. The third-order valence-electron chi connectivity index (χ3n) is 6.52. The van der Waals surface area contributed by atoms with Gasteiger partial charge < -0.3 is 9.97 Å². The molecule has 0 spiro atoms. The Balaban J connectivity index is 1.51. The number of H-pyrrole nitrogens is 2. The minimum Gasteiger partial charge on any atom is -0.342 e. The first-order chi connectivity index (χ1) is 16.9. The van der Waals surface area contributed by atoms with Crippen molar-refractivity contribution in [3.8, 4) is 22.4 Å². The standard InChI is InChI=1S/C28H25FN6/c1-14(2)27-31-12-23(33-27)19-8-6-17(10-22(19)29)16-5-7-18-20(9-16)21-11-30-13-32-24(21)26-25(18)34-28(35-26)15(3)4/h5-15H,1-4H3,(H,31,33)(H,34,35). The Kier molecular flexibility index (Phi) is 4.88. The zero-order valence-corrected chi connectivity index (χ0v) is 20.0. The van der Waals surface area contributed by atoms with Gasteiger partial charge in [-0.3, -0.25) is 0 Å². The number of rotatable bonds is 4. The number of halogens is 1. The molecule has 0 atom stereocenters. The number of aromatic amines is 2. The van der Waals surface area contributed by atoms with Gasteiger partial charge in [0.2, 0.25) is 0 Å². The molecule has 0 amide bonds. The molecular weight excluding hydrogens is 439 g/mol. The van der Waals surface area contributed by atoms with E-state index in [0.29, 0.717) is 11.3 Å². The summed E-state index contributed by atoms with van der Waals surface area (Å²) in [6, 6.07) is 11.5. The molecule has 0 bridgehead atoms. The molecule has 7 heteroatoms. The van der Waals surface area contributed by atoms with Gasteiger partial charge in [0, 0.05) is 34.4 Å². The lowest BCUT2D eigenvalue weighted by atomic mass is 9.97. The van der Waals surface area contributed by atoms with Crippen LogP contribution in [-0.2, 0) is 0 Å². The van der Waals surface area contributed by atoms with Gasteiger partial charge in [0.1, 0.15) is 23.8 Å². The molecule has 3 aromatic carbocycles. The van der Waals surface area contributed by atoms with Gasteiger partial charge in [0.05, 0.1) is 28.4 Å². The quantitative estimate of drug-likeness (QED) is 0.273. The molecule has 3 aromatic heterocycles. The Morgan fingerprint density at radius 1 is 0.743 bits per heavy atom. The molecule has 0 radical (unpaired) electrons. The SMILES string of the molecule is CC(C)c1ncc(-c2ccc(-c3ccc4c(c3)c3cncnc3c3[nH]c(C(C)C)nc43)cc2F)[nH]1. The second kappa shape index (κ2) is 7.98. The van der Waals surface area contributed by atoms with Gasteiger partial charge in [-0.25, -0.2) is 24.3 Å². The van der Waals surface area contributed by atoms with E-state index in [-0.39, 0.29) is 17.7 Å². The fourth-order valence-corrected chi connectivity index (χ4v) is 4.59. The number of benzene rings is 3. The molecule has 0 unspecified atom stereocenters. The van der Waals surface area contributed by atoms with Crippen LogP contribution in [-0.4, -0.2) is 29.9 Å². The zero-order chi connectivity index (χ0) is 24.3. The van der Waals surface area contributed by atoms with Crippen molar-refractivity contribution in [3.05, 3.63) is 72.6 Å². The molecule has 0 aliphatic rings. The number of nitrogens with zero attached hydrogens (tertiary/aromatic N) is 4. The van der Waals surface area contributed by atoms with Crippen LogP contribution in [0, 0.1) is 5.82 Å². The molecule has 174 valence electrons. The highest BCUT2D eigenvalue weighted by Gasteiger charge is 2.17. The summed E-state index contributed by atoms with van der Waals surface area (Å²) in [6.07, 6.45) is 5.08. The second-order valence-corrected chi connectivity index (χ2v) is 9.58. The van der Waals surface area contributed by atoms with Gasteiger partial charge in [-0.15, -0.1) is 0 Å². The summed E-state index contributed by atoms with van der Waals surface area (Å²) in [5.41, 5.74) is 5.55. The minimum absolute atomic E-state index is 0.250. The van der Waals surface area contributed by atoms with Crippen molar-refractivity contribution in [3.63, 3.8) is 0 Å². The first-order valence-corrected chi connectivity index (χ1v) is 11.8. The van der Waals surface area contributed by atoms with E-state index in [0.717, 1.165) is 55.5 Å². The highest BCUT2D eigenvalue weighted by molar-refractivity contribution is 6.22. The van der Waals surface area contributed by atoms with Crippen molar-refractivity contribution in [2.45, 2.75) is 39.5 Å². The van der Waals surface area contributed by atoms with Crippen molar-refractivity contribution in [2.24, 2.45) is 0 Å². The maximum atomic E-state index is 15.2. The van der Waals surface area contributed by atoms with Crippen LogP contribution in [0.2, 0.25) is 0 Å². The molecular formula is C28H25FN6. The molecule has 0 saturated carbocycles. The largest absolute Gasteiger partial charge is 0.342 e. The average molecular weight is 465 g/mol. The first kappa shape index (κ1) is 21.4. The topological polar surface area (TPSA) is 83.1 Å². The summed E-state index contributed by atoms with van der Waals surface area (Å²) in [6.45, 7) is 8.33. The third kappa shape index (κ3) is 3.46. The number of imidazole rings is 2. The van der Waals surface area contributed by atoms with Gasteiger partial charge in [-0.05, 0) is 34.7 Å².